The maximum atomic E-state index is 11.9. The molecule has 1 aliphatic carbocycles. The molecule has 1 aromatic carbocycles. The quantitative estimate of drug-likeness (QED) is 0.798. The molecule has 5 heteroatoms. The minimum absolute atomic E-state index is 0.105. The average Bonchev–Trinajstić information content (AvgIpc) is 2.77. The minimum atomic E-state index is -0.105. The maximum absolute atomic E-state index is 11.9. The number of nitrogens with one attached hydrogen (secondary N) is 1. The highest BCUT2D eigenvalue weighted by Crippen LogP contribution is 2.33. The van der Waals surface area contributed by atoms with Gasteiger partial charge in [-0.2, -0.15) is 0 Å². The second kappa shape index (κ2) is 4.42. The zero-order chi connectivity index (χ0) is 13.4. The second-order valence-corrected chi connectivity index (χ2v) is 4.89. The molecule has 0 saturated heterocycles. The highest BCUT2D eigenvalue weighted by molar-refractivity contribution is 5.50. The van der Waals surface area contributed by atoms with E-state index in [1.165, 1.54) is 15.7 Å². The van der Waals surface area contributed by atoms with Gasteiger partial charge in [0.15, 0.2) is 5.82 Å². The fraction of sp³-hybridized carbons (Fsp3) is 0.286. The molecular formula is C14H16N4O. The number of aromatic nitrogens is 2. The zero-order valence-corrected chi connectivity index (χ0v) is 10.8. The number of hydrogen-bond donors (Lipinski definition) is 2. The van der Waals surface area contributed by atoms with Crippen LogP contribution in [0.1, 0.15) is 23.6 Å². The lowest BCUT2D eigenvalue weighted by molar-refractivity contribution is 0.745. The Morgan fingerprint density at radius 2 is 2.32 bits per heavy atom. The number of nitrogen functional groups attached to an aromatic ring is 1. The van der Waals surface area contributed by atoms with Crippen LogP contribution in [0, 0.1) is 0 Å². The number of anilines is 2. The van der Waals surface area contributed by atoms with Gasteiger partial charge in [-0.05, 0) is 36.1 Å². The molecule has 1 unspecified atom stereocenters. The van der Waals surface area contributed by atoms with Crippen molar-refractivity contribution in [3.8, 4) is 0 Å². The molecule has 1 heterocycles. The number of fused-ring (bicyclic) bond motifs is 1. The minimum Gasteiger partial charge on any atom is -0.399 e. The number of benzene rings is 1. The first-order chi connectivity index (χ1) is 9.15. The molecular weight excluding hydrogens is 240 g/mol. The number of aryl methyl sites for hydroxylation is 2. The van der Waals surface area contributed by atoms with Crippen LogP contribution < -0.4 is 16.6 Å². The van der Waals surface area contributed by atoms with E-state index in [0.717, 1.165) is 18.5 Å². The summed E-state index contributed by atoms with van der Waals surface area (Å²) >= 11 is 0. The summed E-state index contributed by atoms with van der Waals surface area (Å²) in [6.07, 6.45) is 5.21. The fourth-order valence-corrected chi connectivity index (χ4v) is 2.55. The van der Waals surface area contributed by atoms with Crippen LogP contribution in [0.5, 0.6) is 0 Å². The molecule has 1 aromatic heterocycles. The van der Waals surface area contributed by atoms with Crippen molar-refractivity contribution < 1.29 is 0 Å². The molecule has 0 aliphatic heterocycles. The molecule has 1 atom stereocenters. The van der Waals surface area contributed by atoms with E-state index in [1.807, 2.05) is 18.2 Å². The van der Waals surface area contributed by atoms with Crippen LogP contribution >= 0.6 is 0 Å². The second-order valence-electron chi connectivity index (χ2n) is 4.89. The first kappa shape index (κ1) is 11.8. The van der Waals surface area contributed by atoms with E-state index in [4.69, 9.17) is 5.73 Å². The van der Waals surface area contributed by atoms with Gasteiger partial charge < -0.3 is 15.6 Å². The van der Waals surface area contributed by atoms with Crippen LogP contribution in [0.2, 0.25) is 0 Å². The predicted octanol–water partition coefficient (Wildman–Crippen LogP) is 1.46. The third-order valence-electron chi connectivity index (χ3n) is 3.57. The standard InChI is InChI=1S/C14H16N4O/c1-18-7-6-16-13(14(18)19)17-12-5-2-9-8-10(15)3-4-11(9)12/h3-4,6-8,12H,2,5,15H2,1H3,(H,16,17). The monoisotopic (exact) mass is 256 g/mol. The smallest absolute Gasteiger partial charge is 0.293 e. The topological polar surface area (TPSA) is 72.9 Å². The normalized spacial score (nSPS) is 17.2. The van der Waals surface area contributed by atoms with Crippen molar-refractivity contribution in [2.45, 2.75) is 18.9 Å². The third kappa shape index (κ3) is 2.07. The molecule has 19 heavy (non-hydrogen) atoms. The largest absolute Gasteiger partial charge is 0.399 e. The third-order valence-corrected chi connectivity index (χ3v) is 3.57. The maximum Gasteiger partial charge on any atom is 0.293 e. The van der Waals surface area contributed by atoms with Crippen molar-refractivity contribution in [3.05, 3.63) is 52.1 Å². The molecule has 0 radical (unpaired) electrons. The van der Waals surface area contributed by atoms with E-state index in [0.29, 0.717) is 5.82 Å². The Bertz CT molecular complexity index is 677. The van der Waals surface area contributed by atoms with Crippen molar-refractivity contribution in [1.82, 2.24) is 9.55 Å². The molecule has 0 saturated carbocycles. The van der Waals surface area contributed by atoms with Crippen molar-refractivity contribution in [2.75, 3.05) is 11.1 Å². The molecule has 0 amide bonds. The Hall–Kier alpha value is -2.30. The van der Waals surface area contributed by atoms with E-state index < -0.39 is 0 Å². The van der Waals surface area contributed by atoms with Crippen molar-refractivity contribution in [1.29, 1.82) is 0 Å². The van der Waals surface area contributed by atoms with Crippen molar-refractivity contribution >= 4 is 11.5 Å². The van der Waals surface area contributed by atoms with Gasteiger partial charge in [-0.1, -0.05) is 6.07 Å². The van der Waals surface area contributed by atoms with Gasteiger partial charge in [0, 0.05) is 25.1 Å². The van der Waals surface area contributed by atoms with Gasteiger partial charge >= 0.3 is 0 Å². The van der Waals surface area contributed by atoms with E-state index >= 15 is 0 Å². The number of nitrogens with zero attached hydrogens (tertiary/aromatic N) is 2. The molecule has 2 aromatic rings. The molecule has 0 fully saturated rings. The van der Waals surface area contributed by atoms with Gasteiger partial charge in [0.2, 0.25) is 0 Å². The van der Waals surface area contributed by atoms with Crippen LogP contribution in [0.3, 0.4) is 0 Å². The van der Waals surface area contributed by atoms with Crippen LogP contribution in [0.4, 0.5) is 11.5 Å². The van der Waals surface area contributed by atoms with Crippen molar-refractivity contribution in [2.24, 2.45) is 7.05 Å². The van der Waals surface area contributed by atoms with Crippen LogP contribution in [0.25, 0.3) is 0 Å². The van der Waals surface area contributed by atoms with Gasteiger partial charge in [-0.25, -0.2) is 4.98 Å². The van der Waals surface area contributed by atoms with Gasteiger partial charge in [-0.3, -0.25) is 4.79 Å². The Morgan fingerprint density at radius 3 is 3.16 bits per heavy atom. The summed E-state index contributed by atoms with van der Waals surface area (Å²) in [6, 6.07) is 6.07. The lowest BCUT2D eigenvalue weighted by Gasteiger charge is -2.14. The summed E-state index contributed by atoms with van der Waals surface area (Å²) in [5, 5.41) is 3.24. The molecule has 0 bridgehead atoms. The van der Waals surface area contributed by atoms with Gasteiger partial charge in [0.25, 0.3) is 5.56 Å². The molecule has 3 rings (SSSR count). The highest BCUT2D eigenvalue weighted by Gasteiger charge is 2.23. The van der Waals surface area contributed by atoms with Gasteiger partial charge in [-0.15, -0.1) is 0 Å². The van der Waals surface area contributed by atoms with Crippen LogP contribution in [0.15, 0.2) is 35.4 Å². The fourth-order valence-electron chi connectivity index (χ4n) is 2.55. The molecule has 98 valence electrons. The molecule has 5 nitrogen and oxygen atoms in total. The average molecular weight is 256 g/mol. The number of rotatable bonds is 2. The summed E-state index contributed by atoms with van der Waals surface area (Å²) < 4.78 is 1.52. The lowest BCUT2D eigenvalue weighted by atomic mass is 10.1. The number of nitrogens with two attached hydrogens (primary N) is 1. The summed E-state index contributed by atoms with van der Waals surface area (Å²) in [7, 11) is 1.72. The summed E-state index contributed by atoms with van der Waals surface area (Å²) in [5.41, 5.74) is 8.93. The summed E-state index contributed by atoms with van der Waals surface area (Å²) in [4.78, 5) is 16.1. The van der Waals surface area contributed by atoms with E-state index in [9.17, 15) is 4.79 Å². The first-order valence-electron chi connectivity index (χ1n) is 6.31. The van der Waals surface area contributed by atoms with Crippen LogP contribution in [-0.2, 0) is 13.5 Å². The zero-order valence-electron chi connectivity index (χ0n) is 10.8. The molecule has 3 N–H and O–H groups in total. The highest BCUT2D eigenvalue weighted by atomic mass is 16.1. The molecule has 0 spiro atoms. The Balaban J connectivity index is 1.91. The Labute approximate surface area is 111 Å². The Kier molecular flexibility index (Phi) is 2.74. The summed E-state index contributed by atoms with van der Waals surface area (Å²) in [6.45, 7) is 0. The molecule has 1 aliphatic rings. The van der Waals surface area contributed by atoms with Crippen LogP contribution in [-0.4, -0.2) is 9.55 Å². The SMILES string of the molecule is Cn1ccnc(NC2CCc3cc(N)ccc32)c1=O. The number of hydrogen-bond acceptors (Lipinski definition) is 4. The van der Waals surface area contributed by atoms with Gasteiger partial charge in [0.1, 0.15) is 0 Å². The van der Waals surface area contributed by atoms with E-state index in [2.05, 4.69) is 10.3 Å². The van der Waals surface area contributed by atoms with Crippen molar-refractivity contribution in [3.63, 3.8) is 0 Å². The van der Waals surface area contributed by atoms with E-state index in [1.54, 1.807) is 19.4 Å². The summed E-state index contributed by atoms with van der Waals surface area (Å²) in [5.74, 6) is 0.402. The van der Waals surface area contributed by atoms with Gasteiger partial charge in [0.05, 0.1) is 6.04 Å². The Morgan fingerprint density at radius 1 is 1.47 bits per heavy atom. The van der Waals surface area contributed by atoms with E-state index in [-0.39, 0.29) is 11.6 Å². The lowest BCUT2D eigenvalue weighted by Crippen LogP contribution is -2.23. The predicted molar refractivity (Wildman–Crippen MR) is 75.0 cm³/mol. The first-order valence-corrected chi connectivity index (χ1v) is 6.31.